The predicted molar refractivity (Wildman–Crippen MR) is 60.3 cm³/mol. The van der Waals surface area contributed by atoms with Crippen LogP contribution in [0.1, 0.15) is 0 Å². The molecule has 9 nitrogen and oxygen atoms in total. The molecular weight excluding hydrogens is 325 g/mol. The zero-order valence-corrected chi connectivity index (χ0v) is 11.8. The first kappa shape index (κ1) is 17.2. The van der Waals surface area contributed by atoms with Crippen LogP contribution < -0.4 is 0 Å². The maximum absolute atomic E-state index is 11.0. The predicted octanol–water partition coefficient (Wildman–Crippen LogP) is 0.376. The molecule has 0 amide bonds. The molecule has 0 aliphatic heterocycles. The Balaban J connectivity index is 4.52. The van der Waals surface area contributed by atoms with Gasteiger partial charge in [0, 0.05) is 0 Å². The summed E-state index contributed by atoms with van der Waals surface area (Å²) in [6.45, 7) is -1.20. The molecule has 3 unspecified atom stereocenters. The average molecular weight is 334 g/mol. The summed E-state index contributed by atoms with van der Waals surface area (Å²) in [5, 5.41) is 8.28. The van der Waals surface area contributed by atoms with E-state index >= 15 is 0 Å². The number of hydrogen-bond donors (Lipinski definition) is 5. The fraction of sp³-hybridized carbons (Fsp3) is 1.00. The van der Waals surface area contributed by atoms with Crippen LogP contribution >= 0.6 is 33.6 Å². The highest BCUT2D eigenvalue weighted by Gasteiger charge is 2.38. The molecule has 0 aromatic rings. The second kappa shape index (κ2) is 6.38. The average Bonchev–Trinajstić information content (AvgIpc) is 1.93. The third kappa shape index (κ3) is 9.23. The number of aliphatic hydroxyl groups is 1. The van der Waals surface area contributed by atoms with E-state index in [0.717, 1.165) is 0 Å². The highest BCUT2D eigenvalue weighted by atomic mass is 32.9. The van der Waals surface area contributed by atoms with E-state index in [1.165, 1.54) is 0 Å². The van der Waals surface area contributed by atoms with Gasteiger partial charge < -0.3 is 19.8 Å². The third-order valence-corrected chi connectivity index (χ3v) is 5.86. The normalized spacial score (nSPS) is 23.1. The highest BCUT2D eigenvalue weighted by molar-refractivity contribution is 8.60. The molecule has 14 heteroatoms. The minimum Gasteiger partial charge on any atom is -0.394 e. The van der Waals surface area contributed by atoms with Crippen molar-refractivity contribution in [2.24, 2.45) is 0 Å². The van der Waals surface area contributed by atoms with Crippen LogP contribution in [0.5, 0.6) is 0 Å². The Morgan fingerprint density at radius 3 is 2.00 bits per heavy atom. The van der Waals surface area contributed by atoms with Crippen LogP contribution in [0.15, 0.2) is 0 Å². The molecule has 0 aromatic carbocycles. The summed E-state index contributed by atoms with van der Waals surface area (Å²) < 4.78 is 33.6. The van der Waals surface area contributed by atoms with Crippen LogP contribution in [0.2, 0.25) is 0 Å². The molecule has 0 radical (unpaired) electrons. The molecule has 0 aliphatic carbocycles. The van der Waals surface area contributed by atoms with Gasteiger partial charge in [-0.25, -0.2) is 13.4 Å². The molecule has 0 rings (SSSR count). The van der Waals surface area contributed by atoms with Crippen molar-refractivity contribution in [3.63, 3.8) is 0 Å². The number of phosphoric ester groups is 1. The highest BCUT2D eigenvalue weighted by Crippen LogP contribution is 2.68. The van der Waals surface area contributed by atoms with Crippen LogP contribution in [0.3, 0.4) is 0 Å². The van der Waals surface area contributed by atoms with E-state index in [1.54, 1.807) is 0 Å². The van der Waals surface area contributed by atoms with Crippen LogP contribution in [0.4, 0.5) is 0 Å². The van der Waals surface area contributed by atoms with Crippen molar-refractivity contribution >= 4 is 45.4 Å². The van der Waals surface area contributed by atoms with Crippen molar-refractivity contribution in [1.29, 1.82) is 0 Å². The van der Waals surface area contributed by atoms with E-state index in [-0.39, 0.29) is 0 Å². The Morgan fingerprint density at radius 2 is 1.62 bits per heavy atom. The van der Waals surface area contributed by atoms with Gasteiger partial charge >= 0.3 is 15.6 Å². The second-order valence-electron chi connectivity index (χ2n) is 2.15. The molecule has 16 heavy (non-hydrogen) atoms. The summed E-state index contributed by atoms with van der Waals surface area (Å²) in [4.78, 5) is 26.5. The molecule has 0 spiro atoms. The van der Waals surface area contributed by atoms with Gasteiger partial charge in [-0.3, -0.25) is 4.52 Å². The smallest absolute Gasteiger partial charge is 0.394 e. The first-order valence-electron chi connectivity index (χ1n) is 3.37. The molecule has 0 aromatic heterocycles. The first-order chi connectivity index (χ1) is 6.97. The van der Waals surface area contributed by atoms with Crippen molar-refractivity contribution in [1.82, 2.24) is 0 Å². The molecule has 4 N–H and O–H groups in total. The lowest BCUT2D eigenvalue weighted by molar-refractivity contribution is 0.146. The van der Waals surface area contributed by atoms with Gasteiger partial charge in [0.15, 0.2) is 0 Å². The van der Waals surface area contributed by atoms with Gasteiger partial charge in [0.25, 0.3) is 5.69 Å². The minimum absolute atomic E-state index is 0.595. The summed E-state index contributed by atoms with van der Waals surface area (Å²) in [6.07, 6.45) is 0. The van der Waals surface area contributed by atoms with Gasteiger partial charge in [0.1, 0.15) is 0 Å². The molecule has 0 heterocycles. The lowest BCUT2D eigenvalue weighted by Crippen LogP contribution is -2.00. The number of phosphoric acid groups is 2. The van der Waals surface area contributed by atoms with Crippen molar-refractivity contribution in [3.05, 3.63) is 0 Å². The molecule has 0 fully saturated rings. The molecule has 0 bridgehead atoms. The Labute approximate surface area is 101 Å². The fourth-order valence-electron chi connectivity index (χ4n) is 0.459. The number of rotatable bonds is 7. The van der Waals surface area contributed by atoms with Crippen LogP contribution in [0, 0.1) is 0 Å². The zero-order chi connectivity index (χ0) is 13.0. The Kier molecular flexibility index (Phi) is 6.85. The van der Waals surface area contributed by atoms with E-state index in [9.17, 15) is 9.13 Å². The monoisotopic (exact) mass is 334 g/mol. The Bertz CT molecular complexity index is 362. The van der Waals surface area contributed by atoms with Gasteiger partial charge in [0.05, 0.1) is 13.2 Å². The fourth-order valence-corrected chi connectivity index (χ4v) is 5.06. The standard InChI is InChI=1S/C2H9O9P3S2/c3-1-2-9-12(4,5)10-13(6,7)11-14(8,15)16/h3H,1-2H2,(H,4,5)(H,6,7)(H2,8,15,16). The lowest BCUT2D eigenvalue weighted by Gasteiger charge is -2.17. The first-order valence-corrected chi connectivity index (χ1v) is 10.2. The minimum atomic E-state index is -5.08. The summed E-state index contributed by atoms with van der Waals surface area (Å²) in [6, 6.07) is 0. The molecule has 0 aliphatic rings. The van der Waals surface area contributed by atoms with Gasteiger partial charge in [0.2, 0.25) is 0 Å². The van der Waals surface area contributed by atoms with Gasteiger partial charge in [-0.05, 0) is 11.8 Å². The van der Waals surface area contributed by atoms with E-state index in [2.05, 4.69) is 37.2 Å². The SMILES string of the molecule is O=P(O)(OCCO)OP(=O)(O)OP(O)(=S)S. The molecule has 0 saturated carbocycles. The molecule has 3 atom stereocenters. The maximum Gasteiger partial charge on any atom is 0.487 e. The topological polar surface area (TPSA) is 143 Å². The maximum atomic E-state index is 11.0. The van der Waals surface area contributed by atoms with E-state index < -0.39 is 34.6 Å². The van der Waals surface area contributed by atoms with Crippen molar-refractivity contribution < 1.29 is 42.1 Å². The quantitative estimate of drug-likeness (QED) is 0.327. The van der Waals surface area contributed by atoms with E-state index in [4.69, 9.17) is 19.8 Å². The summed E-state index contributed by atoms with van der Waals surface area (Å²) in [5.74, 6) is 0. The van der Waals surface area contributed by atoms with Crippen LogP contribution in [-0.4, -0.2) is 33.0 Å². The van der Waals surface area contributed by atoms with Crippen molar-refractivity contribution in [2.45, 2.75) is 0 Å². The van der Waals surface area contributed by atoms with Crippen molar-refractivity contribution in [2.75, 3.05) is 13.2 Å². The molecule has 98 valence electrons. The van der Waals surface area contributed by atoms with Gasteiger partial charge in [-0.1, -0.05) is 12.2 Å². The summed E-state index contributed by atoms with van der Waals surface area (Å²) in [7, 11) is -9.97. The van der Waals surface area contributed by atoms with Crippen LogP contribution in [0.25, 0.3) is 0 Å². The summed E-state index contributed by atoms with van der Waals surface area (Å²) >= 11 is 7.42. The van der Waals surface area contributed by atoms with E-state index in [1.807, 2.05) is 0 Å². The largest absolute Gasteiger partial charge is 0.487 e. The Hall–Kier alpha value is 1.18. The number of thiol groups is 1. The number of aliphatic hydroxyl groups excluding tert-OH is 1. The van der Waals surface area contributed by atoms with E-state index in [0.29, 0.717) is 0 Å². The van der Waals surface area contributed by atoms with Gasteiger partial charge in [-0.15, -0.1) is 0 Å². The number of hydrogen-bond acceptors (Lipinski definition) is 7. The lowest BCUT2D eigenvalue weighted by atomic mass is 10.8. The second-order valence-corrected chi connectivity index (χ2v) is 10.5. The third-order valence-electron chi connectivity index (χ3n) is 0.762. The van der Waals surface area contributed by atoms with Crippen LogP contribution in [-0.2, 0) is 34.1 Å². The zero-order valence-electron chi connectivity index (χ0n) is 7.44. The molecule has 0 saturated heterocycles. The Morgan fingerprint density at radius 1 is 1.12 bits per heavy atom. The summed E-state index contributed by atoms with van der Waals surface area (Å²) in [5.41, 5.74) is -3.85. The van der Waals surface area contributed by atoms with Gasteiger partial charge in [-0.2, -0.15) is 4.31 Å². The molecular formula is C2H9O9P3S2. The van der Waals surface area contributed by atoms with Crippen molar-refractivity contribution in [3.8, 4) is 0 Å².